The van der Waals surface area contributed by atoms with Crippen molar-refractivity contribution in [2.45, 2.75) is 25.3 Å². The summed E-state index contributed by atoms with van der Waals surface area (Å²) in [6, 6.07) is 5.68. The van der Waals surface area contributed by atoms with E-state index in [1.54, 1.807) is 28.8 Å². The highest BCUT2D eigenvalue weighted by Crippen LogP contribution is 2.22. The molecule has 3 rings (SSSR count). The van der Waals surface area contributed by atoms with Crippen LogP contribution in [0.4, 0.5) is 10.1 Å². The Bertz CT molecular complexity index is 605. The molecule has 0 spiro atoms. The number of carbonyl (C=O) groups is 2. The van der Waals surface area contributed by atoms with Crippen LogP contribution < -0.4 is 10.2 Å². The van der Waals surface area contributed by atoms with Crippen molar-refractivity contribution in [1.29, 1.82) is 0 Å². The molecule has 2 aliphatic heterocycles. The summed E-state index contributed by atoms with van der Waals surface area (Å²) < 4.78 is 13.0. The predicted octanol–water partition coefficient (Wildman–Crippen LogP) is 1.88. The standard InChI is InChI=1S/C18H24FN3O2S/c19-14-3-5-16(6-4-14)22-12-15(11-18(22)24)20-17(23)13-25-10-9-21-7-1-2-8-21/h3-6,15H,1-2,7-13H2,(H,20,23)/t15-/m0/s1. The van der Waals surface area contributed by atoms with Crippen molar-refractivity contribution in [2.75, 3.05) is 42.6 Å². The van der Waals surface area contributed by atoms with Gasteiger partial charge in [-0.05, 0) is 50.2 Å². The number of rotatable bonds is 7. The summed E-state index contributed by atoms with van der Waals surface area (Å²) in [4.78, 5) is 28.2. The summed E-state index contributed by atoms with van der Waals surface area (Å²) in [5.74, 6) is 0.989. The molecule has 0 radical (unpaired) electrons. The number of amides is 2. The van der Waals surface area contributed by atoms with Crippen molar-refractivity contribution in [2.24, 2.45) is 0 Å². The van der Waals surface area contributed by atoms with Crippen molar-refractivity contribution in [3.63, 3.8) is 0 Å². The molecular weight excluding hydrogens is 341 g/mol. The van der Waals surface area contributed by atoms with Crippen LogP contribution in [0.1, 0.15) is 19.3 Å². The van der Waals surface area contributed by atoms with E-state index in [9.17, 15) is 14.0 Å². The third-order valence-electron chi connectivity index (χ3n) is 4.61. The van der Waals surface area contributed by atoms with Gasteiger partial charge in [0.05, 0.1) is 11.8 Å². The third-order valence-corrected chi connectivity index (χ3v) is 5.55. The number of hydrogen-bond donors (Lipinski definition) is 1. The molecule has 2 aliphatic rings. The second-order valence-corrected chi connectivity index (χ2v) is 7.66. The van der Waals surface area contributed by atoms with Crippen LogP contribution in [0.25, 0.3) is 0 Å². The Morgan fingerprint density at radius 3 is 2.68 bits per heavy atom. The van der Waals surface area contributed by atoms with Gasteiger partial charge in [-0.25, -0.2) is 4.39 Å². The molecule has 1 aromatic carbocycles. The Hall–Kier alpha value is -1.60. The van der Waals surface area contributed by atoms with Gasteiger partial charge < -0.3 is 15.1 Å². The molecule has 0 saturated carbocycles. The van der Waals surface area contributed by atoms with Crippen LogP contribution in [0.15, 0.2) is 24.3 Å². The third kappa shape index (κ3) is 5.19. The first-order valence-electron chi connectivity index (χ1n) is 8.77. The fourth-order valence-corrected chi connectivity index (χ4v) is 4.11. The van der Waals surface area contributed by atoms with Gasteiger partial charge in [-0.3, -0.25) is 9.59 Å². The van der Waals surface area contributed by atoms with E-state index >= 15 is 0 Å². The molecule has 136 valence electrons. The lowest BCUT2D eigenvalue weighted by atomic mass is 10.2. The summed E-state index contributed by atoms with van der Waals surface area (Å²) in [6.45, 7) is 3.83. The quantitative estimate of drug-likeness (QED) is 0.750. The Balaban J connectivity index is 1.38. The van der Waals surface area contributed by atoms with Gasteiger partial charge in [-0.2, -0.15) is 11.8 Å². The van der Waals surface area contributed by atoms with Gasteiger partial charge >= 0.3 is 0 Å². The second kappa shape index (κ2) is 8.67. The molecule has 0 aromatic heterocycles. The number of nitrogens with zero attached hydrogens (tertiary/aromatic N) is 2. The summed E-state index contributed by atoms with van der Waals surface area (Å²) in [7, 11) is 0. The Kier molecular flexibility index (Phi) is 6.31. The highest BCUT2D eigenvalue weighted by Gasteiger charge is 2.31. The first-order valence-corrected chi connectivity index (χ1v) is 9.93. The maximum atomic E-state index is 13.0. The Morgan fingerprint density at radius 2 is 1.96 bits per heavy atom. The van der Waals surface area contributed by atoms with Crippen LogP contribution in [0, 0.1) is 5.82 Å². The fourth-order valence-electron chi connectivity index (χ4n) is 3.31. The van der Waals surface area contributed by atoms with Crippen molar-refractivity contribution in [3.05, 3.63) is 30.1 Å². The lowest BCUT2D eigenvalue weighted by molar-refractivity contribution is -0.119. The zero-order chi connectivity index (χ0) is 17.6. The summed E-state index contributed by atoms with van der Waals surface area (Å²) >= 11 is 1.64. The minimum atomic E-state index is -0.328. The maximum Gasteiger partial charge on any atom is 0.230 e. The van der Waals surface area contributed by atoms with Crippen LogP contribution >= 0.6 is 11.8 Å². The highest BCUT2D eigenvalue weighted by atomic mass is 32.2. The molecule has 25 heavy (non-hydrogen) atoms. The van der Waals surface area contributed by atoms with E-state index in [1.165, 1.54) is 38.1 Å². The lowest BCUT2D eigenvalue weighted by Crippen LogP contribution is -2.38. The molecular formula is C18H24FN3O2S. The molecule has 0 unspecified atom stereocenters. The van der Waals surface area contributed by atoms with Gasteiger partial charge in [-0.15, -0.1) is 0 Å². The van der Waals surface area contributed by atoms with Crippen LogP contribution in [0.3, 0.4) is 0 Å². The molecule has 2 heterocycles. The normalized spacial score (nSPS) is 21.1. The molecule has 5 nitrogen and oxygen atoms in total. The van der Waals surface area contributed by atoms with E-state index < -0.39 is 0 Å². The number of halogens is 1. The van der Waals surface area contributed by atoms with E-state index in [4.69, 9.17) is 0 Å². The van der Waals surface area contributed by atoms with Gasteiger partial charge in [0.25, 0.3) is 0 Å². The first kappa shape index (κ1) is 18.2. The van der Waals surface area contributed by atoms with E-state index in [0.717, 1.165) is 12.3 Å². The van der Waals surface area contributed by atoms with E-state index in [2.05, 4.69) is 10.2 Å². The highest BCUT2D eigenvalue weighted by molar-refractivity contribution is 7.99. The van der Waals surface area contributed by atoms with Gasteiger partial charge in [-0.1, -0.05) is 0 Å². The average molecular weight is 365 g/mol. The minimum absolute atomic E-state index is 0.0230. The molecule has 1 N–H and O–H groups in total. The van der Waals surface area contributed by atoms with E-state index in [0.29, 0.717) is 24.4 Å². The molecule has 2 saturated heterocycles. The Morgan fingerprint density at radius 1 is 1.24 bits per heavy atom. The second-order valence-electron chi connectivity index (χ2n) is 6.55. The molecule has 1 atom stereocenters. The number of nitrogens with one attached hydrogen (secondary N) is 1. The van der Waals surface area contributed by atoms with E-state index in [1.807, 2.05) is 0 Å². The van der Waals surface area contributed by atoms with Gasteiger partial charge in [0.1, 0.15) is 5.82 Å². The van der Waals surface area contributed by atoms with Crippen LogP contribution in [0.5, 0.6) is 0 Å². The topological polar surface area (TPSA) is 52.7 Å². The molecule has 2 fully saturated rings. The molecule has 0 bridgehead atoms. The van der Waals surface area contributed by atoms with Crippen LogP contribution in [-0.4, -0.2) is 60.4 Å². The number of thioether (sulfide) groups is 1. The molecule has 2 amide bonds. The number of hydrogen-bond acceptors (Lipinski definition) is 4. The molecule has 7 heteroatoms. The Labute approximate surface area is 151 Å². The van der Waals surface area contributed by atoms with Crippen LogP contribution in [0.2, 0.25) is 0 Å². The van der Waals surface area contributed by atoms with Crippen molar-refractivity contribution in [3.8, 4) is 0 Å². The summed E-state index contributed by atoms with van der Waals surface area (Å²) in [5.41, 5.74) is 0.670. The SMILES string of the molecule is O=C(CSCCN1CCCC1)N[C@H]1CC(=O)N(c2ccc(F)cc2)C1. The van der Waals surface area contributed by atoms with Crippen molar-refractivity contribution in [1.82, 2.24) is 10.2 Å². The fraction of sp³-hybridized carbons (Fsp3) is 0.556. The van der Waals surface area contributed by atoms with Crippen molar-refractivity contribution < 1.29 is 14.0 Å². The number of anilines is 1. The number of carbonyl (C=O) groups excluding carboxylic acids is 2. The number of benzene rings is 1. The minimum Gasteiger partial charge on any atom is -0.350 e. The zero-order valence-corrected chi connectivity index (χ0v) is 15.1. The smallest absolute Gasteiger partial charge is 0.230 e. The number of likely N-dealkylation sites (tertiary alicyclic amines) is 1. The predicted molar refractivity (Wildman–Crippen MR) is 98.3 cm³/mol. The van der Waals surface area contributed by atoms with Crippen LogP contribution in [-0.2, 0) is 9.59 Å². The van der Waals surface area contributed by atoms with Gasteiger partial charge in [0, 0.05) is 31.0 Å². The maximum absolute atomic E-state index is 13.0. The monoisotopic (exact) mass is 365 g/mol. The largest absolute Gasteiger partial charge is 0.350 e. The average Bonchev–Trinajstić information content (AvgIpc) is 3.22. The first-order chi connectivity index (χ1) is 12.1. The van der Waals surface area contributed by atoms with Crippen molar-refractivity contribution >= 4 is 29.3 Å². The lowest BCUT2D eigenvalue weighted by Gasteiger charge is -2.17. The van der Waals surface area contributed by atoms with Gasteiger partial charge in [0.2, 0.25) is 11.8 Å². The van der Waals surface area contributed by atoms with E-state index in [-0.39, 0.29) is 23.7 Å². The summed E-state index contributed by atoms with van der Waals surface area (Å²) in [6.07, 6.45) is 2.86. The zero-order valence-electron chi connectivity index (χ0n) is 14.2. The summed E-state index contributed by atoms with van der Waals surface area (Å²) in [5, 5.41) is 2.94. The molecule has 1 aromatic rings. The molecule has 0 aliphatic carbocycles. The van der Waals surface area contributed by atoms with Gasteiger partial charge in [0.15, 0.2) is 0 Å².